The molecule has 0 aliphatic rings. The quantitative estimate of drug-likeness (QED) is 0.863. The molecule has 0 aliphatic carbocycles. The summed E-state index contributed by atoms with van der Waals surface area (Å²) in [4.78, 5) is 21.2. The van der Waals surface area contributed by atoms with E-state index in [1.165, 1.54) is 25.6 Å². The molecule has 2 heterocycles. The first-order valence-electron chi connectivity index (χ1n) is 5.47. The van der Waals surface area contributed by atoms with Gasteiger partial charge in [-0.15, -0.1) is 11.3 Å². The van der Waals surface area contributed by atoms with E-state index in [1.807, 2.05) is 0 Å². The number of hydrogen-bond donors (Lipinski definition) is 1. The smallest absolute Gasteiger partial charge is 0.351 e. The van der Waals surface area contributed by atoms with Crippen LogP contribution in [0.3, 0.4) is 0 Å². The molecule has 0 radical (unpaired) electrons. The lowest BCUT2D eigenvalue weighted by atomic mass is 10.3. The number of aromatic nitrogens is 2. The third-order valence-corrected chi connectivity index (χ3v) is 3.54. The van der Waals surface area contributed by atoms with E-state index in [1.54, 1.807) is 25.4 Å². The Bertz CT molecular complexity index is 598. The van der Waals surface area contributed by atoms with Crippen LogP contribution in [0.5, 0.6) is 5.75 Å². The van der Waals surface area contributed by atoms with Gasteiger partial charge in [0.2, 0.25) is 5.95 Å². The summed E-state index contributed by atoms with van der Waals surface area (Å²) in [7, 11) is 4.59. The van der Waals surface area contributed by atoms with E-state index in [0.29, 0.717) is 16.6 Å². The Hall–Kier alpha value is -2.15. The van der Waals surface area contributed by atoms with Gasteiger partial charge in [0.05, 0.1) is 24.8 Å². The van der Waals surface area contributed by atoms with Crippen molar-refractivity contribution in [3.05, 3.63) is 23.2 Å². The minimum atomic E-state index is -0.420. The number of nitrogens with one attached hydrogen (secondary N) is 1. The van der Waals surface area contributed by atoms with Crippen molar-refractivity contribution in [1.29, 1.82) is 0 Å². The maximum atomic E-state index is 11.6. The van der Waals surface area contributed by atoms with Gasteiger partial charge in [-0.05, 0) is 6.07 Å². The SMILES string of the molecule is CNc1nccc(-c2cc(OC)c(C(=O)OC)s2)n1. The topological polar surface area (TPSA) is 73.3 Å². The van der Waals surface area contributed by atoms with Gasteiger partial charge in [0.25, 0.3) is 0 Å². The fourth-order valence-electron chi connectivity index (χ4n) is 1.50. The summed E-state index contributed by atoms with van der Waals surface area (Å²) in [6, 6.07) is 3.53. The molecule has 0 amide bonds. The molecule has 100 valence electrons. The number of rotatable bonds is 4. The molecular weight excluding hydrogens is 266 g/mol. The Balaban J connectivity index is 2.45. The van der Waals surface area contributed by atoms with Crippen molar-refractivity contribution < 1.29 is 14.3 Å². The van der Waals surface area contributed by atoms with Crippen LogP contribution in [0.15, 0.2) is 18.3 Å². The van der Waals surface area contributed by atoms with Crippen LogP contribution in [-0.2, 0) is 4.74 Å². The van der Waals surface area contributed by atoms with Gasteiger partial charge in [-0.1, -0.05) is 0 Å². The number of thiophene rings is 1. The van der Waals surface area contributed by atoms with Crippen molar-refractivity contribution in [2.45, 2.75) is 0 Å². The highest BCUT2D eigenvalue weighted by Crippen LogP contribution is 2.35. The average molecular weight is 279 g/mol. The van der Waals surface area contributed by atoms with E-state index in [0.717, 1.165) is 10.6 Å². The van der Waals surface area contributed by atoms with Crippen LogP contribution in [0, 0.1) is 0 Å². The van der Waals surface area contributed by atoms with Crippen LogP contribution in [0.25, 0.3) is 10.6 Å². The minimum Gasteiger partial charge on any atom is -0.495 e. The van der Waals surface area contributed by atoms with Crippen LogP contribution < -0.4 is 10.1 Å². The maximum absolute atomic E-state index is 11.6. The molecule has 2 aromatic heterocycles. The van der Waals surface area contributed by atoms with Crippen LogP contribution >= 0.6 is 11.3 Å². The van der Waals surface area contributed by atoms with Gasteiger partial charge in [-0.2, -0.15) is 0 Å². The van der Waals surface area contributed by atoms with Gasteiger partial charge in [0.1, 0.15) is 5.75 Å². The van der Waals surface area contributed by atoms with Crippen molar-refractivity contribution in [3.8, 4) is 16.3 Å². The lowest BCUT2D eigenvalue weighted by Gasteiger charge is -1.99. The van der Waals surface area contributed by atoms with Crippen molar-refractivity contribution >= 4 is 23.3 Å². The molecule has 0 fully saturated rings. The number of anilines is 1. The Morgan fingerprint density at radius 2 is 2.21 bits per heavy atom. The third-order valence-electron chi connectivity index (χ3n) is 2.42. The average Bonchev–Trinajstić information content (AvgIpc) is 2.90. The predicted molar refractivity (Wildman–Crippen MR) is 72.8 cm³/mol. The first-order valence-corrected chi connectivity index (χ1v) is 6.28. The number of methoxy groups -OCH3 is 2. The van der Waals surface area contributed by atoms with Gasteiger partial charge in [-0.25, -0.2) is 14.8 Å². The van der Waals surface area contributed by atoms with Crippen molar-refractivity contribution in [2.24, 2.45) is 0 Å². The van der Waals surface area contributed by atoms with E-state index in [4.69, 9.17) is 9.47 Å². The molecule has 0 aliphatic heterocycles. The summed E-state index contributed by atoms with van der Waals surface area (Å²) >= 11 is 1.27. The summed E-state index contributed by atoms with van der Waals surface area (Å²) in [5, 5.41) is 2.87. The first-order chi connectivity index (χ1) is 9.19. The summed E-state index contributed by atoms with van der Waals surface area (Å²) in [5.41, 5.74) is 0.720. The molecule has 19 heavy (non-hydrogen) atoms. The fourth-order valence-corrected chi connectivity index (χ4v) is 2.52. The van der Waals surface area contributed by atoms with Crippen molar-refractivity contribution in [3.63, 3.8) is 0 Å². The zero-order valence-corrected chi connectivity index (χ0v) is 11.6. The van der Waals surface area contributed by atoms with Crippen LogP contribution in [-0.4, -0.2) is 37.2 Å². The number of nitrogens with zero attached hydrogens (tertiary/aromatic N) is 2. The van der Waals surface area contributed by atoms with E-state index < -0.39 is 5.97 Å². The van der Waals surface area contributed by atoms with Crippen molar-refractivity contribution in [1.82, 2.24) is 9.97 Å². The molecular formula is C12H13N3O3S. The highest BCUT2D eigenvalue weighted by Gasteiger charge is 2.19. The number of carbonyl (C=O) groups is 1. The van der Waals surface area contributed by atoms with E-state index in [-0.39, 0.29) is 0 Å². The second-order valence-corrected chi connectivity index (χ2v) is 4.57. The molecule has 6 nitrogen and oxygen atoms in total. The second-order valence-electron chi connectivity index (χ2n) is 3.52. The number of ether oxygens (including phenoxy) is 2. The van der Waals surface area contributed by atoms with Gasteiger partial charge >= 0.3 is 5.97 Å². The molecule has 0 atom stereocenters. The summed E-state index contributed by atoms with van der Waals surface area (Å²) in [6.45, 7) is 0. The van der Waals surface area contributed by atoms with Crippen LogP contribution in [0.2, 0.25) is 0 Å². The maximum Gasteiger partial charge on any atom is 0.351 e. The largest absolute Gasteiger partial charge is 0.495 e. The molecule has 2 rings (SSSR count). The molecule has 7 heteroatoms. The molecule has 0 saturated carbocycles. The predicted octanol–water partition coefficient (Wildman–Crippen LogP) is 2.04. The first kappa shape index (κ1) is 13.3. The normalized spacial score (nSPS) is 10.1. The Labute approximate surface area is 114 Å². The number of carbonyl (C=O) groups excluding carboxylic acids is 1. The monoisotopic (exact) mass is 279 g/mol. The molecule has 1 N–H and O–H groups in total. The molecule has 2 aromatic rings. The minimum absolute atomic E-state index is 0.420. The lowest BCUT2D eigenvalue weighted by Crippen LogP contribution is -1.99. The molecule has 0 aromatic carbocycles. The van der Waals surface area contributed by atoms with Gasteiger partial charge in [-0.3, -0.25) is 0 Å². The second kappa shape index (κ2) is 5.66. The van der Waals surface area contributed by atoms with Crippen LogP contribution in [0.1, 0.15) is 9.67 Å². The van der Waals surface area contributed by atoms with Crippen LogP contribution in [0.4, 0.5) is 5.95 Å². The Morgan fingerprint density at radius 1 is 1.42 bits per heavy atom. The lowest BCUT2D eigenvalue weighted by molar-refractivity contribution is 0.0603. The highest BCUT2D eigenvalue weighted by molar-refractivity contribution is 7.17. The highest BCUT2D eigenvalue weighted by atomic mass is 32.1. The third kappa shape index (κ3) is 2.65. The summed E-state index contributed by atoms with van der Waals surface area (Å²) in [5.74, 6) is 0.581. The fraction of sp³-hybridized carbons (Fsp3) is 0.250. The standard InChI is InChI=1S/C12H13N3O3S/c1-13-12-14-5-4-7(15-12)9-6-8(17-2)10(19-9)11(16)18-3/h4-6H,1-3H3,(H,13,14,15). The van der Waals surface area contributed by atoms with E-state index in [9.17, 15) is 4.79 Å². The summed E-state index contributed by atoms with van der Waals surface area (Å²) in [6.07, 6.45) is 1.65. The molecule has 0 saturated heterocycles. The van der Waals surface area contributed by atoms with E-state index in [2.05, 4.69) is 15.3 Å². The van der Waals surface area contributed by atoms with Gasteiger partial charge < -0.3 is 14.8 Å². The molecule has 0 spiro atoms. The van der Waals surface area contributed by atoms with Gasteiger partial charge in [0, 0.05) is 19.3 Å². The zero-order valence-electron chi connectivity index (χ0n) is 10.8. The number of esters is 1. The summed E-state index contributed by atoms with van der Waals surface area (Å²) < 4.78 is 9.90. The van der Waals surface area contributed by atoms with Gasteiger partial charge in [0.15, 0.2) is 4.88 Å². The van der Waals surface area contributed by atoms with E-state index >= 15 is 0 Å². The Kier molecular flexibility index (Phi) is 3.96. The molecule has 0 bridgehead atoms. The van der Waals surface area contributed by atoms with Crippen molar-refractivity contribution in [2.75, 3.05) is 26.6 Å². The zero-order chi connectivity index (χ0) is 13.8. The number of hydrogen-bond acceptors (Lipinski definition) is 7. The molecule has 0 unspecified atom stereocenters. The Morgan fingerprint density at radius 3 is 2.84 bits per heavy atom.